The predicted octanol–water partition coefficient (Wildman–Crippen LogP) is 11.3. The van der Waals surface area contributed by atoms with Crippen molar-refractivity contribution in [3.8, 4) is 45.3 Å². The molecule has 3 heterocycles. The van der Waals surface area contributed by atoms with E-state index in [4.69, 9.17) is 23.8 Å². The molecular weight excluding hydrogens is 590 g/mol. The Morgan fingerprint density at radius 3 is 2.02 bits per heavy atom. The Bertz CT molecular complexity index is 2740. The van der Waals surface area contributed by atoms with Crippen molar-refractivity contribution >= 4 is 50.0 Å². The second kappa shape index (κ2) is 10.6. The molecule has 0 aliphatic heterocycles. The number of hydrogen-bond acceptors (Lipinski definition) is 5. The summed E-state index contributed by atoms with van der Waals surface area (Å²) in [5, 5.41) is 4.12. The van der Waals surface area contributed by atoms with Crippen LogP contribution in [0.25, 0.3) is 95.2 Å². The molecule has 0 amide bonds. The summed E-state index contributed by atoms with van der Waals surface area (Å²) in [5.41, 5.74) is 10.7. The fourth-order valence-corrected chi connectivity index (χ4v) is 7.13. The lowest BCUT2D eigenvalue weighted by atomic mass is 9.94. The van der Waals surface area contributed by atoms with Gasteiger partial charge in [0, 0.05) is 43.8 Å². The van der Waals surface area contributed by atoms with Gasteiger partial charge < -0.3 is 8.83 Å². The van der Waals surface area contributed by atoms with E-state index in [1.165, 1.54) is 11.1 Å². The van der Waals surface area contributed by atoms with Crippen LogP contribution in [-0.4, -0.2) is 15.0 Å². The molecule has 0 unspecified atom stereocenters. The molecule has 0 radical (unpaired) electrons. The molecule has 0 saturated carbocycles. The Balaban J connectivity index is 1.25. The molecule has 1 aliphatic rings. The number of allylic oxidation sites excluding steroid dienone is 1. The van der Waals surface area contributed by atoms with Crippen LogP contribution in [0.5, 0.6) is 0 Å². The highest BCUT2D eigenvalue weighted by atomic mass is 16.3. The standard InChI is InChI=1S/C43H27N3O2/c1-2-12-27(13-3-1)41-44-42(29-22-21-26-11-4-5-14-28(26)25-29)46-43(45-41)34-24-23-31(40-39(34)33-16-7-9-19-36(33)48-40)30-17-10-20-37-38(30)32-15-6-8-18-35(32)47-37/h1-3,5-10,12-25H,4,11H2. The first-order valence-corrected chi connectivity index (χ1v) is 16.3. The number of para-hydroxylation sites is 2. The van der Waals surface area contributed by atoms with Crippen LogP contribution in [0.2, 0.25) is 0 Å². The molecule has 48 heavy (non-hydrogen) atoms. The lowest BCUT2D eigenvalue weighted by Crippen LogP contribution is -2.01. The van der Waals surface area contributed by atoms with E-state index >= 15 is 0 Å². The van der Waals surface area contributed by atoms with Gasteiger partial charge in [0.2, 0.25) is 0 Å². The van der Waals surface area contributed by atoms with Gasteiger partial charge in [0.1, 0.15) is 22.3 Å². The maximum atomic E-state index is 6.72. The van der Waals surface area contributed by atoms with Crippen molar-refractivity contribution in [2.75, 3.05) is 0 Å². The van der Waals surface area contributed by atoms with Crippen LogP contribution in [0.1, 0.15) is 17.5 Å². The van der Waals surface area contributed by atoms with E-state index < -0.39 is 0 Å². The van der Waals surface area contributed by atoms with Crippen LogP contribution in [-0.2, 0) is 6.42 Å². The van der Waals surface area contributed by atoms with Gasteiger partial charge in [0.25, 0.3) is 0 Å². The van der Waals surface area contributed by atoms with Crippen molar-refractivity contribution in [3.05, 3.63) is 145 Å². The van der Waals surface area contributed by atoms with Crippen molar-refractivity contribution in [1.29, 1.82) is 0 Å². The predicted molar refractivity (Wildman–Crippen MR) is 193 cm³/mol. The van der Waals surface area contributed by atoms with Crippen LogP contribution < -0.4 is 0 Å². The molecule has 0 atom stereocenters. The van der Waals surface area contributed by atoms with Gasteiger partial charge >= 0.3 is 0 Å². The topological polar surface area (TPSA) is 65.0 Å². The highest BCUT2D eigenvalue weighted by molar-refractivity contribution is 6.20. The van der Waals surface area contributed by atoms with Crippen LogP contribution in [0.3, 0.4) is 0 Å². The van der Waals surface area contributed by atoms with Crippen molar-refractivity contribution < 1.29 is 8.83 Å². The Morgan fingerprint density at radius 2 is 1.17 bits per heavy atom. The lowest BCUT2D eigenvalue weighted by Gasteiger charge is -2.13. The molecule has 3 aromatic heterocycles. The summed E-state index contributed by atoms with van der Waals surface area (Å²) >= 11 is 0. The molecule has 0 fully saturated rings. The first-order valence-electron chi connectivity index (χ1n) is 16.3. The summed E-state index contributed by atoms with van der Waals surface area (Å²) in [6.07, 6.45) is 6.54. The van der Waals surface area contributed by atoms with Gasteiger partial charge in [-0.3, -0.25) is 0 Å². The Kier molecular flexibility index (Phi) is 5.93. The van der Waals surface area contributed by atoms with E-state index in [1.807, 2.05) is 72.8 Å². The summed E-state index contributed by atoms with van der Waals surface area (Å²) in [5.74, 6) is 1.87. The molecule has 1 aliphatic carbocycles. The number of hydrogen-bond donors (Lipinski definition) is 0. The third-order valence-corrected chi connectivity index (χ3v) is 9.41. The Hall–Kier alpha value is -6.33. The lowest BCUT2D eigenvalue weighted by molar-refractivity contribution is 0.668. The fourth-order valence-electron chi connectivity index (χ4n) is 7.13. The molecule has 10 rings (SSSR count). The third-order valence-electron chi connectivity index (χ3n) is 9.41. The van der Waals surface area contributed by atoms with Gasteiger partial charge in [0.05, 0.1) is 0 Å². The molecule has 9 aromatic rings. The van der Waals surface area contributed by atoms with Crippen molar-refractivity contribution in [2.24, 2.45) is 0 Å². The molecule has 0 spiro atoms. The number of fused-ring (bicyclic) bond motifs is 7. The molecule has 5 nitrogen and oxygen atoms in total. The molecular formula is C43H27N3O2. The van der Waals surface area contributed by atoms with Crippen molar-refractivity contribution in [3.63, 3.8) is 0 Å². The molecule has 0 bridgehead atoms. The quantitative estimate of drug-likeness (QED) is 0.197. The Labute approximate surface area is 275 Å². The normalized spacial score (nSPS) is 12.8. The monoisotopic (exact) mass is 617 g/mol. The zero-order chi connectivity index (χ0) is 31.6. The van der Waals surface area contributed by atoms with Crippen LogP contribution in [0.15, 0.2) is 142 Å². The van der Waals surface area contributed by atoms with E-state index in [-0.39, 0.29) is 0 Å². The van der Waals surface area contributed by atoms with Crippen molar-refractivity contribution in [2.45, 2.75) is 12.8 Å². The van der Waals surface area contributed by atoms with E-state index in [0.717, 1.165) is 84.5 Å². The minimum atomic E-state index is 0.599. The SMILES string of the molecule is C1=Cc2cc(-c3nc(-c4ccccc4)nc(-c4ccc(-c5cccc6oc7ccccc7c56)c5oc6ccccc6c45)n3)ccc2CC1. The average Bonchev–Trinajstić information content (AvgIpc) is 3.74. The highest BCUT2D eigenvalue weighted by Crippen LogP contribution is 2.44. The van der Waals surface area contributed by atoms with Gasteiger partial charge in [-0.1, -0.05) is 103 Å². The molecule has 0 saturated heterocycles. The van der Waals surface area contributed by atoms with Crippen LogP contribution >= 0.6 is 0 Å². The second-order valence-electron chi connectivity index (χ2n) is 12.3. The summed E-state index contributed by atoms with van der Waals surface area (Å²) in [7, 11) is 0. The molecule has 226 valence electrons. The van der Waals surface area contributed by atoms with E-state index in [2.05, 4.69) is 66.7 Å². The first-order chi connectivity index (χ1) is 23.8. The molecule has 0 N–H and O–H groups in total. The fraction of sp³-hybridized carbons (Fsp3) is 0.0465. The highest BCUT2D eigenvalue weighted by Gasteiger charge is 2.22. The summed E-state index contributed by atoms with van der Waals surface area (Å²) in [6.45, 7) is 0. The van der Waals surface area contributed by atoms with Crippen molar-refractivity contribution in [1.82, 2.24) is 15.0 Å². The van der Waals surface area contributed by atoms with Crippen LogP contribution in [0, 0.1) is 0 Å². The molecule has 5 heteroatoms. The minimum Gasteiger partial charge on any atom is -0.456 e. The van der Waals surface area contributed by atoms with Gasteiger partial charge in [-0.15, -0.1) is 0 Å². The number of furan rings is 2. The zero-order valence-corrected chi connectivity index (χ0v) is 25.9. The maximum Gasteiger partial charge on any atom is 0.164 e. The maximum absolute atomic E-state index is 6.72. The van der Waals surface area contributed by atoms with E-state index in [9.17, 15) is 0 Å². The third kappa shape index (κ3) is 4.21. The summed E-state index contributed by atoms with van der Waals surface area (Å²) < 4.78 is 13.0. The number of aromatic nitrogens is 3. The minimum absolute atomic E-state index is 0.599. The van der Waals surface area contributed by atoms with Gasteiger partial charge in [-0.2, -0.15) is 0 Å². The summed E-state index contributed by atoms with van der Waals surface area (Å²) in [6, 6.07) is 43.5. The Morgan fingerprint density at radius 1 is 0.479 bits per heavy atom. The van der Waals surface area contributed by atoms with E-state index in [0.29, 0.717) is 17.5 Å². The smallest absolute Gasteiger partial charge is 0.164 e. The number of benzene rings is 6. The summed E-state index contributed by atoms with van der Waals surface area (Å²) in [4.78, 5) is 15.3. The number of rotatable bonds is 4. The molecule has 6 aromatic carbocycles. The van der Waals surface area contributed by atoms with Gasteiger partial charge in [0.15, 0.2) is 17.5 Å². The largest absolute Gasteiger partial charge is 0.456 e. The van der Waals surface area contributed by atoms with Gasteiger partial charge in [-0.25, -0.2) is 15.0 Å². The van der Waals surface area contributed by atoms with Crippen LogP contribution in [0.4, 0.5) is 0 Å². The zero-order valence-electron chi connectivity index (χ0n) is 25.9. The first kappa shape index (κ1) is 26.8. The van der Waals surface area contributed by atoms with Gasteiger partial charge in [-0.05, 0) is 65.9 Å². The average molecular weight is 618 g/mol. The second-order valence-corrected chi connectivity index (χ2v) is 12.3. The number of nitrogens with zero attached hydrogens (tertiary/aromatic N) is 3. The van der Waals surface area contributed by atoms with E-state index in [1.54, 1.807) is 0 Å². The number of aryl methyl sites for hydroxylation is 1.